The molecule has 0 aliphatic carbocycles. The maximum Gasteiger partial charge on any atom is 0.223 e. The van der Waals surface area contributed by atoms with E-state index >= 15 is 0 Å². The number of rotatable bonds is 3. The van der Waals surface area contributed by atoms with Crippen molar-refractivity contribution in [2.24, 2.45) is 5.73 Å². The molecular formula is C10H14N2O. The lowest BCUT2D eigenvalue weighted by Gasteiger charge is -2.19. The number of carbonyl (C=O) groups excluding carboxylic acids is 1. The topological polar surface area (TPSA) is 46.3 Å². The van der Waals surface area contributed by atoms with Crippen LogP contribution in [0.1, 0.15) is 6.92 Å². The van der Waals surface area contributed by atoms with Gasteiger partial charge in [0.25, 0.3) is 0 Å². The Bertz CT molecular complexity index is 272. The Kier molecular flexibility index (Phi) is 3.46. The third-order valence-electron chi connectivity index (χ3n) is 1.80. The first kappa shape index (κ1) is 9.74. The molecule has 13 heavy (non-hydrogen) atoms. The number of anilines is 1. The molecule has 0 aromatic heterocycles. The summed E-state index contributed by atoms with van der Waals surface area (Å²) in [6.45, 7) is 2.59. The fourth-order valence-corrected chi connectivity index (χ4v) is 1.21. The number of hydrogen-bond donors (Lipinski definition) is 1. The van der Waals surface area contributed by atoms with Gasteiger partial charge in [-0.3, -0.25) is 4.79 Å². The van der Waals surface area contributed by atoms with Gasteiger partial charge < -0.3 is 10.6 Å². The Balaban J connectivity index is 2.82. The number of nitrogens with two attached hydrogens (primary N) is 1. The summed E-state index contributed by atoms with van der Waals surface area (Å²) in [5.41, 5.74) is 6.31. The first-order valence-electron chi connectivity index (χ1n) is 4.29. The minimum absolute atomic E-state index is 0.0247. The van der Waals surface area contributed by atoms with Crippen LogP contribution in [0, 0.1) is 0 Å². The summed E-state index contributed by atoms with van der Waals surface area (Å²) in [5, 5.41) is 0. The van der Waals surface area contributed by atoms with Crippen molar-refractivity contribution in [3.05, 3.63) is 30.3 Å². The van der Waals surface area contributed by atoms with Gasteiger partial charge in [-0.05, 0) is 12.1 Å². The molecule has 1 aromatic rings. The van der Waals surface area contributed by atoms with E-state index in [2.05, 4.69) is 0 Å². The van der Waals surface area contributed by atoms with Crippen molar-refractivity contribution in [3.63, 3.8) is 0 Å². The maximum atomic E-state index is 11.2. The maximum absolute atomic E-state index is 11.2. The monoisotopic (exact) mass is 178 g/mol. The first-order chi connectivity index (χ1) is 6.25. The Labute approximate surface area is 78.2 Å². The molecule has 0 heterocycles. The number of carbonyl (C=O) groups is 1. The molecule has 3 heteroatoms. The van der Waals surface area contributed by atoms with Crippen LogP contribution in [0.15, 0.2) is 30.3 Å². The number of para-hydroxylation sites is 1. The summed E-state index contributed by atoms with van der Waals surface area (Å²) < 4.78 is 0. The second kappa shape index (κ2) is 4.62. The summed E-state index contributed by atoms with van der Waals surface area (Å²) in [4.78, 5) is 12.9. The van der Waals surface area contributed by atoms with E-state index in [-0.39, 0.29) is 5.91 Å². The van der Waals surface area contributed by atoms with E-state index in [0.29, 0.717) is 13.1 Å². The van der Waals surface area contributed by atoms with Gasteiger partial charge >= 0.3 is 0 Å². The standard InChI is InChI=1S/C10H14N2O/c1-9(13)12(8-7-11)10-5-3-2-4-6-10/h2-6H,7-8,11H2,1H3. The highest BCUT2D eigenvalue weighted by Gasteiger charge is 2.08. The van der Waals surface area contributed by atoms with Crippen LogP contribution in [0.2, 0.25) is 0 Å². The second-order valence-electron chi connectivity index (χ2n) is 2.79. The molecule has 0 aliphatic heterocycles. The lowest BCUT2D eigenvalue weighted by atomic mass is 10.3. The molecule has 0 radical (unpaired) electrons. The van der Waals surface area contributed by atoms with Crippen LogP contribution in [-0.2, 0) is 4.79 Å². The van der Waals surface area contributed by atoms with E-state index in [1.807, 2.05) is 30.3 Å². The van der Waals surface area contributed by atoms with Crippen LogP contribution >= 0.6 is 0 Å². The number of hydrogen-bond acceptors (Lipinski definition) is 2. The van der Waals surface area contributed by atoms with Crippen molar-refractivity contribution in [2.45, 2.75) is 6.92 Å². The molecule has 1 amide bonds. The predicted molar refractivity (Wildman–Crippen MR) is 53.5 cm³/mol. The number of amides is 1. The highest BCUT2D eigenvalue weighted by molar-refractivity contribution is 5.91. The van der Waals surface area contributed by atoms with E-state index in [4.69, 9.17) is 5.73 Å². The summed E-state index contributed by atoms with van der Waals surface area (Å²) >= 11 is 0. The van der Waals surface area contributed by atoms with Gasteiger partial charge in [0.2, 0.25) is 5.91 Å². The van der Waals surface area contributed by atoms with Crippen molar-refractivity contribution in [1.82, 2.24) is 0 Å². The molecule has 0 fully saturated rings. The van der Waals surface area contributed by atoms with Gasteiger partial charge in [0.1, 0.15) is 0 Å². The zero-order valence-electron chi connectivity index (χ0n) is 7.73. The summed E-state index contributed by atoms with van der Waals surface area (Å²) in [5.74, 6) is 0.0247. The molecule has 70 valence electrons. The van der Waals surface area contributed by atoms with E-state index in [0.717, 1.165) is 5.69 Å². The zero-order chi connectivity index (χ0) is 9.68. The van der Waals surface area contributed by atoms with Crippen molar-refractivity contribution >= 4 is 11.6 Å². The SMILES string of the molecule is CC(=O)N(CCN)c1ccccc1. The molecule has 0 atom stereocenters. The molecule has 0 unspecified atom stereocenters. The molecule has 1 rings (SSSR count). The van der Waals surface area contributed by atoms with Gasteiger partial charge in [-0.25, -0.2) is 0 Å². The highest BCUT2D eigenvalue weighted by Crippen LogP contribution is 2.12. The van der Waals surface area contributed by atoms with Crippen LogP contribution in [0.25, 0.3) is 0 Å². The average molecular weight is 178 g/mol. The van der Waals surface area contributed by atoms with Crippen LogP contribution in [0.5, 0.6) is 0 Å². The van der Waals surface area contributed by atoms with Crippen LogP contribution < -0.4 is 10.6 Å². The smallest absolute Gasteiger partial charge is 0.223 e. The molecule has 0 aliphatic rings. The third kappa shape index (κ3) is 2.56. The van der Waals surface area contributed by atoms with Crippen molar-refractivity contribution < 1.29 is 4.79 Å². The van der Waals surface area contributed by atoms with Gasteiger partial charge in [-0.2, -0.15) is 0 Å². The van der Waals surface area contributed by atoms with E-state index in [1.165, 1.54) is 0 Å². The van der Waals surface area contributed by atoms with E-state index in [1.54, 1.807) is 11.8 Å². The van der Waals surface area contributed by atoms with Gasteiger partial charge in [-0.1, -0.05) is 18.2 Å². The molecule has 1 aromatic carbocycles. The largest absolute Gasteiger partial charge is 0.329 e. The summed E-state index contributed by atoms with van der Waals surface area (Å²) in [6.07, 6.45) is 0. The lowest BCUT2D eigenvalue weighted by molar-refractivity contribution is -0.116. The highest BCUT2D eigenvalue weighted by atomic mass is 16.2. The molecule has 0 spiro atoms. The molecule has 0 bridgehead atoms. The third-order valence-corrected chi connectivity index (χ3v) is 1.80. The molecule has 0 saturated heterocycles. The summed E-state index contributed by atoms with van der Waals surface area (Å²) in [6, 6.07) is 9.53. The quantitative estimate of drug-likeness (QED) is 0.750. The Morgan fingerprint density at radius 1 is 1.38 bits per heavy atom. The fraction of sp³-hybridized carbons (Fsp3) is 0.300. The second-order valence-corrected chi connectivity index (χ2v) is 2.79. The van der Waals surface area contributed by atoms with Gasteiger partial charge in [0.15, 0.2) is 0 Å². The Morgan fingerprint density at radius 2 is 2.00 bits per heavy atom. The van der Waals surface area contributed by atoms with Crippen LogP contribution in [-0.4, -0.2) is 19.0 Å². The number of benzene rings is 1. The first-order valence-corrected chi connectivity index (χ1v) is 4.29. The van der Waals surface area contributed by atoms with Crippen molar-refractivity contribution in [2.75, 3.05) is 18.0 Å². The van der Waals surface area contributed by atoms with E-state index < -0.39 is 0 Å². The van der Waals surface area contributed by atoms with Crippen molar-refractivity contribution in [3.8, 4) is 0 Å². The predicted octanol–water partition coefficient (Wildman–Crippen LogP) is 0.998. The number of nitrogens with zero attached hydrogens (tertiary/aromatic N) is 1. The van der Waals surface area contributed by atoms with Crippen LogP contribution in [0.4, 0.5) is 5.69 Å². The van der Waals surface area contributed by atoms with Crippen molar-refractivity contribution in [1.29, 1.82) is 0 Å². The van der Waals surface area contributed by atoms with Gasteiger partial charge in [0.05, 0.1) is 0 Å². The summed E-state index contributed by atoms with van der Waals surface area (Å²) in [7, 11) is 0. The van der Waals surface area contributed by atoms with E-state index in [9.17, 15) is 4.79 Å². The van der Waals surface area contributed by atoms with Gasteiger partial charge in [0, 0.05) is 25.7 Å². The zero-order valence-corrected chi connectivity index (χ0v) is 7.73. The Morgan fingerprint density at radius 3 is 2.46 bits per heavy atom. The molecule has 0 saturated carbocycles. The van der Waals surface area contributed by atoms with Crippen LogP contribution in [0.3, 0.4) is 0 Å². The minimum Gasteiger partial charge on any atom is -0.329 e. The van der Waals surface area contributed by atoms with Gasteiger partial charge in [-0.15, -0.1) is 0 Å². The normalized spacial score (nSPS) is 9.69. The molecular weight excluding hydrogens is 164 g/mol. The minimum atomic E-state index is 0.0247. The lowest BCUT2D eigenvalue weighted by Crippen LogP contribution is -2.33. The Hall–Kier alpha value is -1.35. The average Bonchev–Trinajstić information content (AvgIpc) is 2.15. The molecule has 3 nitrogen and oxygen atoms in total. The fourth-order valence-electron chi connectivity index (χ4n) is 1.21. The molecule has 2 N–H and O–H groups in total.